The molecule has 0 aromatic heterocycles. The fourth-order valence-corrected chi connectivity index (χ4v) is 2.59. The SMILES string of the molecule is CC(C)c1cccc2c1Cc1ccccc1N2. The summed E-state index contributed by atoms with van der Waals surface area (Å²) in [5, 5.41) is 3.54. The van der Waals surface area contributed by atoms with Crippen molar-refractivity contribution >= 4 is 11.4 Å². The van der Waals surface area contributed by atoms with E-state index in [1.165, 1.54) is 28.1 Å². The largest absolute Gasteiger partial charge is 0.355 e. The molecule has 0 saturated carbocycles. The lowest BCUT2D eigenvalue weighted by atomic mass is 9.89. The van der Waals surface area contributed by atoms with Crippen molar-refractivity contribution in [3.8, 4) is 0 Å². The van der Waals surface area contributed by atoms with Crippen LogP contribution in [-0.4, -0.2) is 0 Å². The molecule has 0 radical (unpaired) electrons. The van der Waals surface area contributed by atoms with Crippen molar-refractivity contribution in [2.24, 2.45) is 0 Å². The minimum Gasteiger partial charge on any atom is -0.355 e. The second-order valence-corrected chi connectivity index (χ2v) is 4.99. The quantitative estimate of drug-likeness (QED) is 0.642. The normalized spacial score (nSPS) is 12.9. The van der Waals surface area contributed by atoms with Crippen LogP contribution in [0.5, 0.6) is 0 Å². The lowest BCUT2D eigenvalue weighted by Gasteiger charge is -2.25. The lowest BCUT2D eigenvalue weighted by Crippen LogP contribution is -2.09. The molecule has 0 aliphatic carbocycles. The molecule has 0 amide bonds. The third kappa shape index (κ3) is 1.72. The summed E-state index contributed by atoms with van der Waals surface area (Å²) in [6.07, 6.45) is 1.05. The van der Waals surface area contributed by atoms with Gasteiger partial charge in [-0.05, 0) is 34.7 Å². The molecule has 86 valence electrons. The van der Waals surface area contributed by atoms with Gasteiger partial charge >= 0.3 is 0 Å². The van der Waals surface area contributed by atoms with Gasteiger partial charge in [0.25, 0.3) is 0 Å². The molecule has 2 aromatic carbocycles. The van der Waals surface area contributed by atoms with Crippen LogP contribution in [0.25, 0.3) is 0 Å². The van der Waals surface area contributed by atoms with Crippen LogP contribution in [0.2, 0.25) is 0 Å². The molecule has 1 N–H and O–H groups in total. The highest BCUT2D eigenvalue weighted by Crippen LogP contribution is 2.36. The van der Waals surface area contributed by atoms with Gasteiger partial charge in [0.2, 0.25) is 0 Å². The predicted molar refractivity (Wildman–Crippen MR) is 73.1 cm³/mol. The summed E-state index contributed by atoms with van der Waals surface area (Å²) in [5.41, 5.74) is 6.84. The Morgan fingerprint density at radius 1 is 0.941 bits per heavy atom. The highest BCUT2D eigenvalue weighted by Gasteiger charge is 2.17. The number of hydrogen-bond donors (Lipinski definition) is 1. The number of anilines is 2. The van der Waals surface area contributed by atoms with Gasteiger partial charge in [-0.15, -0.1) is 0 Å². The second-order valence-electron chi connectivity index (χ2n) is 4.99. The van der Waals surface area contributed by atoms with Crippen molar-refractivity contribution in [2.45, 2.75) is 26.2 Å². The summed E-state index contributed by atoms with van der Waals surface area (Å²) in [4.78, 5) is 0. The van der Waals surface area contributed by atoms with Gasteiger partial charge in [0.05, 0.1) is 0 Å². The molecule has 0 spiro atoms. The summed E-state index contributed by atoms with van der Waals surface area (Å²) < 4.78 is 0. The first kappa shape index (κ1) is 10.4. The average Bonchev–Trinajstić information content (AvgIpc) is 2.35. The summed E-state index contributed by atoms with van der Waals surface area (Å²) in [6.45, 7) is 4.52. The summed E-state index contributed by atoms with van der Waals surface area (Å²) in [6, 6.07) is 15.1. The molecule has 1 heteroatoms. The first-order chi connectivity index (χ1) is 8.25. The Morgan fingerprint density at radius 3 is 2.53 bits per heavy atom. The van der Waals surface area contributed by atoms with E-state index < -0.39 is 0 Å². The van der Waals surface area contributed by atoms with E-state index in [-0.39, 0.29) is 0 Å². The van der Waals surface area contributed by atoms with Gasteiger partial charge < -0.3 is 5.32 Å². The Bertz CT molecular complexity index is 555. The fourth-order valence-electron chi connectivity index (χ4n) is 2.59. The third-order valence-electron chi connectivity index (χ3n) is 3.49. The minimum absolute atomic E-state index is 0.581. The summed E-state index contributed by atoms with van der Waals surface area (Å²) >= 11 is 0. The molecule has 0 unspecified atom stereocenters. The van der Waals surface area contributed by atoms with Gasteiger partial charge in [0.1, 0.15) is 0 Å². The lowest BCUT2D eigenvalue weighted by molar-refractivity contribution is 0.847. The van der Waals surface area contributed by atoms with E-state index in [2.05, 4.69) is 61.6 Å². The smallest absolute Gasteiger partial charge is 0.0423 e. The van der Waals surface area contributed by atoms with Crippen molar-refractivity contribution < 1.29 is 0 Å². The number of nitrogens with one attached hydrogen (secondary N) is 1. The number of hydrogen-bond acceptors (Lipinski definition) is 1. The molecule has 0 fully saturated rings. The maximum Gasteiger partial charge on any atom is 0.0423 e. The van der Waals surface area contributed by atoms with Gasteiger partial charge in [0.15, 0.2) is 0 Å². The van der Waals surface area contributed by atoms with E-state index in [9.17, 15) is 0 Å². The molecule has 0 saturated heterocycles. The first-order valence-corrected chi connectivity index (χ1v) is 6.22. The Morgan fingerprint density at radius 2 is 1.71 bits per heavy atom. The molecule has 1 aliphatic heterocycles. The van der Waals surface area contributed by atoms with Crippen molar-refractivity contribution in [3.05, 3.63) is 59.2 Å². The highest BCUT2D eigenvalue weighted by molar-refractivity contribution is 5.72. The number of para-hydroxylation sites is 1. The van der Waals surface area contributed by atoms with Gasteiger partial charge in [0, 0.05) is 17.8 Å². The van der Waals surface area contributed by atoms with E-state index in [1.807, 2.05) is 0 Å². The zero-order chi connectivity index (χ0) is 11.8. The molecule has 1 heterocycles. The van der Waals surface area contributed by atoms with Crippen LogP contribution >= 0.6 is 0 Å². The van der Waals surface area contributed by atoms with Crippen LogP contribution in [0.15, 0.2) is 42.5 Å². The van der Waals surface area contributed by atoms with Crippen LogP contribution in [0.4, 0.5) is 11.4 Å². The standard InChI is InChI=1S/C16H17N/c1-11(2)13-7-5-9-16-14(13)10-12-6-3-4-8-15(12)17-16/h3-9,11,17H,10H2,1-2H3. The molecule has 0 atom stereocenters. The minimum atomic E-state index is 0.581. The Hall–Kier alpha value is -1.76. The van der Waals surface area contributed by atoms with Crippen LogP contribution in [0.1, 0.15) is 36.5 Å². The number of rotatable bonds is 1. The maximum atomic E-state index is 3.54. The van der Waals surface area contributed by atoms with Gasteiger partial charge in [-0.3, -0.25) is 0 Å². The van der Waals surface area contributed by atoms with E-state index in [0.29, 0.717) is 5.92 Å². The molecule has 1 aliphatic rings. The number of benzene rings is 2. The summed E-state index contributed by atoms with van der Waals surface area (Å²) in [5.74, 6) is 0.581. The van der Waals surface area contributed by atoms with Crippen molar-refractivity contribution in [2.75, 3.05) is 5.32 Å². The second kappa shape index (κ2) is 3.92. The number of fused-ring (bicyclic) bond motifs is 2. The molecule has 2 aromatic rings. The molecule has 1 nitrogen and oxygen atoms in total. The highest BCUT2D eigenvalue weighted by atomic mass is 14.9. The Kier molecular flexibility index (Phi) is 2.40. The maximum absolute atomic E-state index is 3.54. The molecule has 17 heavy (non-hydrogen) atoms. The zero-order valence-electron chi connectivity index (χ0n) is 10.3. The molecular weight excluding hydrogens is 206 g/mol. The predicted octanol–water partition coefficient (Wildman–Crippen LogP) is 4.46. The van der Waals surface area contributed by atoms with E-state index in [4.69, 9.17) is 0 Å². The average molecular weight is 223 g/mol. The summed E-state index contributed by atoms with van der Waals surface area (Å²) in [7, 11) is 0. The van der Waals surface area contributed by atoms with Crippen LogP contribution in [0.3, 0.4) is 0 Å². The van der Waals surface area contributed by atoms with E-state index in [0.717, 1.165) is 6.42 Å². The Labute approximate surface area is 102 Å². The molecule has 3 rings (SSSR count). The zero-order valence-corrected chi connectivity index (χ0v) is 10.3. The van der Waals surface area contributed by atoms with Crippen molar-refractivity contribution in [1.82, 2.24) is 0 Å². The van der Waals surface area contributed by atoms with Crippen LogP contribution in [-0.2, 0) is 6.42 Å². The van der Waals surface area contributed by atoms with E-state index in [1.54, 1.807) is 0 Å². The van der Waals surface area contributed by atoms with Gasteiger partial charge in [-0.2, -0.15) is 0 Å². The topological polar surface area (TPSA) is 12.0 Å². The Balaban J connectivity index is 2.12. The van der Waals surface area contributed by atoms with Crippen molar-refractivity contribution in [3.63, 3.8) is 0 Å². The van der Waals surface area contributed by atoms with Gasteiger partial charge in [-0.25, -0.2) is 0 Å². The van der Waals surface area contributed by atoms with Crippen LogP contribution in [0, 0.1) is 0 Å². The monoisotopic (exact) mass is 223 g/mol. The van der Waals surface area contributed by atoms with Crippen LogP contribution < -0.4 is 5.32 Å². The van der Waals surface area contributed by atoms with E-state index >= 15 is 0 Å². The molecule has 0 bridgehead atoms. The first-order valence-electron chi connectivity index (χ1n) is 6.22. The van der Waals surface area contributed by atoms with Gasteiger partial charge in [-0.1, -0.05) is 44.2 Å². The third-order valence-corrected chi connectivity index (χ3v) is 3.49. The van der Waals surface area contributed by atoms with Crippen molar-refractivity contribution in [1.29, 1.82) is 0 Å². The molecular formula is C16H17N. The fraction of sp³-hybridized carbons (Fsp3) is 0.250.